The second-order valence-corrected chi connectivity index (χ2v) is 3.46. The van der Waals surface area contributed by atoms with E-state index >= 15 is 0 Å². The highest BCUT2D eigenvalue weighted by atomic mass is 16.5. The minimum absolute atomic E-state index is 0.231. The van der Waals surface area contributed by atoms with Crippen LogP contribution in [0.5, 0.6) is 5.75 Å². The molecule has 0 bridgehead atoms. The van der Waals surface area contributed by atoms with E-state index in [2.05, 4.69) is 5.32 Å². The molecular formula is C12H15NO4. The monoisotopic (exact) mass is 237 g/mol. The molecule has 1 rings (SSSR count). The highest BCUT2D eigenvalue weighted by Gasteiger charge is 2.16. The summed E-state index contributed by atoms with van der Waals surface area (Å²) in [4.78, 5) is 21.1. The molecule has 1 atom stereocenters. The Bertz CT molecular complexity index is 392. The first-order chi connectivity index (χ1) is 8.17. The van der Waals surface area contributed by atoms with Crippen LogP contribution in [0.15, 0.2) is 24.3 Å². The molecule has 2 N–H and O–H groups in total. The van der Waals surface area contributed by atoms with E-state index in [0.29, 0.717) is 18.8 Å². The topological polar surface area (TPSA) is 75.6 Å². The van der Waals surface area contributed by atoms with Crippen LogP contribution < -0.4 is 10.1 Å². The summed E-state index contributed by atoms with van der Waals surface area (Å²) >= 11 is 0. The van der Waals surface area contributed by atoms with E-state index in [1.54, 1.807) is 24.3 Å². The van der Waals surface area contributed by atoms with E-state index in [1.807, 2.05) is 6.92 Å². The molecule has 0 saturated carbocycles. The third-order valence-electron chi connectivity index (χ3n) is 2.22. The first-order valence-corrected chi connectivity index (χ1v) is 5.31. The molecule has 1 aromatic carbocycles. The van der Waals surface area contributed by atoms with Gasteiger partial charge >= 0.3 is 5.97 Å². The van der Waals surface area contributed by atoms with Gasteiger partial charge in [-0.05, 0) is 24.6 Å². The molecule has 0 aromatic heterocycles. The summed E-state index contributed by atoms with van der Waals surface area (Å²) in [7, 11) is 0. The maximum absolute atomic E-state index is 10.9. The molecule has 0 heterocycles. The number of benzene rings is 1. The van der Waals surface area contributed by atoms with Gasteiger partial charge in [0.25, 0.3) is 0 Å². The summed E-state index contributed by atoms with van der Waals surface area (Å²) in [6.07, 6.45) is 0.625. The lowest BCUT2D eigenvalue weighted by molar-refractivity contribution is -0.140. The Balaban J connectivity index is 2.74. The van der Waals surface area contributed by atoms with E-state index < -0.39 is 12.0 Å². The maximum atomic E-state index is 10.9. The number of carbonyl (C=O) groups is 2. The smallest absolute Gasteiger partial charge is 0.326 e. The molecule has 1 amide bonds. The average Bonchev–Trinajstić information content (AvgIpc) is 2.29. The second kappa shape index (κ2) is 6.52. The quantitative estimate of drug-likeness (QED) is 0.689. The number of hydrogen-bond donors (Lipinski definition) is 2. The van der Waals surface area contributed by atoms with Crippen LogP contribution in [0.1, 0.15) is 12.5 Å². The highest BCUT2D eigenvalue weighted by Crippen LogP contribution is 2.14. The number of carbonyl (C=O) groups excluding carboxylic acids is 1. The van der Waals surface area contributed by atoms with Gasteiger partial charge in [-0.1, -0.05) is 12.1 Å². The normalized spacial score (nSPS) is 11.6. The van der Waals surface area contributed by atoms with Crippen molar-refractivity contribution in [3.63, 3.8) is 0 Å². The van der Waals surface area contributed by atoms with Crippen molar-refractivity contribution in [2.45, 2.75) is 19.4 Å². The molecule has 1 aromatic rings. The molecule has 0 aliphatic rings. The molecule has 0 aliphatic heterocycles. The van der Waals surface area contributed by atoms with Crippen molar-refractivity contribution < 1.29 is 19.4 Å². The Hall–Kier alpha value is -2.04. The molecular weight excluding hydrogens is 222 g/mol. The zero-order valence-electron chi connectivity index (χ0n) is 9.55. The standard InChI is InChI=1S/C12H15NO4/c1-2-17-10-5-3-4-9(6-10)7-11(12(15)16)13-8-14/h3-6,8,11H,2,7H2,1H3,(H,13,14)(H,15,16). The predicted octanol–water partition coefficient (Wildman–Crippen LogP) is 0.827. The molecule has 0 radical (unpaired) electrons. The first-order valence-electron chi connectivity index (χ1n) is 5.31. The van der Waals surface area contributed by atoms with Gasteiger partial charge in [-0.15, -0.1) is 0 Å². The summed E-state index contributed by atoms with van der Waals surface area (Å²) in [5.41, 5.74) is 0.803. The molecule has 0 spiro atoms. The van der Waals surface area contributed by atoms with Gasteiger partial charge in [0.15, 0.2) is 0 Å². The van der Waals surface area contributed by atoms with Gasteiger partial charge in [0.2, 0.25) is 6.41 Å². The fourth-order valence-corrected chi connectivity index (χ4v) is 1.46. The van der Waals surface area contributed by atoms with E-state index in [1.165, 1.54) is 0 Å². The number of aliphatic carboxylic acids is 1. The second-order valence-electron chi connectivity index (χ2n) is 3.46. The maximum Gasteiger partial charge on any atom is 0.326 e. The number of carboxylic acids is 1. The largest absolute Gasteiger partial charge is 0.494 e. The Morgan fingerprint density at radius 1 is 1.59 bits per heavy atom. The van der Waals surface area contributed by atoms with Crippen LogP contribution in [0, 0.1) is 0 Å². The van der Waals surface area contributed by atoms with Gasteiger partial charge in [-0.25, -0.2) is 4.79 Å². The van der Waals surface area contributed by atoms with Crippen molar-refractivity contribution in [3.8, 4) is 5.75 Å². The summed E-state index contributed by atoms with van der Waals surface area (Å²) < 4.78 is 5.31. The minimum atomic E-state index is -1.06. The Kier molecular flexibility index (Phi) is 5.00. The van der Waals surface area contributed by atoms with Crippen LogP contribution in [-0.4, -0.2) is 30.1 Å². The summed E-state index contributed by atoms with van der Waals surface area (Å²) in [6.45, 7) is 2.43. The fourth-order valence-electron chi connectivity index (χ4n) is 1.46. The molecule has 1 unspecified atom stereocenters. The van der Waals surface area contributed by atoms with Crippen LogP contribution in [0.25, 0.3) is 0 Å². The molecule has 0 saturated heterocycles. The van der Waals surface area contributed by atoms with Crippen molar-refractivity contribution >= 4 is 12.4 Å². The van der Waals surface area contributed by atoms with E-state index in [0.717, 1.165) is 5.56 Å². The lowest BCUT2D eigenvalue weighted by Crippen LogP contribution is -2.37. The van der Waals surface area contributed by atoms with Crippen LogP contribution in [-0.2, 0) is 16.0 Å². The average molecular weight is 237 g/mol. The van der Waals surface area contributed by atoms with Gasteiger partial charge in [0.1, 0.15) is 11.8 Å². The Morgan fingerprint density at radius 2 is 2.35 bits per heavy atom. The van der Waals surface area contributed by atoms with Crippen LogP contribution >= 0.6 is 0 Å². The number of nitrogens with one attached hydrogen (secondary N) is 1. The zero-order valence-corrected chi connectivity index (χ0v) is 9.55. The fraction of sp³-hybridized carbons (Fsp3) is 0.333. The van der Waals surface area contributed by atoms with Crippen molar-refractivity contribution in [2.24, 2.45) is 0 Å². The molecule has 5 heteroatoms. The van der Waals surface area contributed by atoms with Gasteiger partial charge in [0.05, 0.1) is 6.61 Å². The van der Waals surface area contributed by atoms with Crippen molar-refractivity contribution in [3.05, 3.63) is 29.8 Å². The first kappa shape index (κ1) is 13.0. The van der Waals surface area contributed by atoms with Crippen molar-refractivity contribution in [2.75, 3.05) is 6.61 Å². The number of carboxylic acid groups (broad SMARTS) is 1. The molecule has 5 nitrogen and oxygen atoms in total. The third-order valence-corrected chi connectivity index (χ3v) is 2.22. The zero-order chi connectivity index (χ0) is 12.7. The molecule has 0 aliphatic carbocycles. The summed E-state index contributed by atoms with van der Waals surface area (Å²) in [6, 6.07) is 6.25. The van der Waals surface area contributed by atoms with Gasteiger partial charge in [0, 0.05) is 6.42 Å². The van der Waals surface area contributed by atoms with Crippen molar-refractivity contribution in [1.29, 1.82) is 0 Å². The summed E-state index contributed by atoms with van der Waals surface area (Å²) in [5.74, 6) is -0.362. The highest BCUT2D eigenvalue weighted by molar-refractivity contribution is 5.76. The lowest BCUT2D eigenvalue weighted by atomic mass is 10.1. The lowest BCUT2D eigenvalue weighted by Gasteiger charge is -2.12. The minimum Gasteiger partial charge on any atom is -0.494 e. The number of ether oxygens (including phenoxy) is 1. The van der Waals surface area contributed by atoms with Crippen LogP contribution in [0.4, 0.5) is 0 Å². The molecule has 0 fully saturated rings. The number of rotatable bonds is 7. The van der Waals surface area contributed by atoms with E-state index in [9.17, 15) is 9.59 Å². The van der Waals surface area contributed by atoms with Gasteiger partial charge in [-0.2, -0.15) is 0 Å². The Labute approximate surface area is 99.4 Å². The van der Waals surface area contributed by atoms with Crippen molar-refractivity contribution in [1.82, 2.24) is 5.32 Å². The molecule has 17 heavy (non-hydrogen) atoms. The van der Waals surface area contributed by atoms with Gasteiger partial charge in [-0.3, -0.25) is 4.79 Å². The number of amides is 1. The number of hydrogen-bond acceptors (Lipinski definition) is 3. The molecule has 92 valence electrons. The van der Waals surface area contributed by atoms with Crippen LogP contribution in [0.3, 0.4) is 0 Å². The van der Waals surface area contributed by atoms with E-state index in [4.69, 9.17) is 9.84 Å². The summed E-state index contributed by atoms with van der Waals surface area (Å²) in [5, 5.41) is 11.1. The predicted molar refractivity (Wildman–Crippen MR) is 61.9 cm³/mol. The third kappa shape index (κ3) is 4.14. The van der Waals surface area contributed by atoms with Gasteiger partial charge < -0.3 is 15.2 Å². The Morgan fingerprint density at radius 3 is 2.94 bits per heavy atom. The van der Waals surface area contributed by atoms with Crippen LogP contribution in [0.2, 0.25) is 0 Å². The van der Waals surface area contributed by atoms with E-state index in [-0.39, 0.29) is 6.42 Å². The SMILES string of the molecule is CCOc1cccc(CC(NC=O)C(=O)O)c1.